The minimum atomic E-state index is -3.68. The molecule has 0 atom stereocenters. The van der Waals surface area contributed by atoms with Gasteiger partial charge in [0.15, 0.2) is 5.82 Å². The van der Waals surface area contributed by atoms with Gasteiger partial charge in [-0.3, -0.25) is 18.9 Å². The van der Waals surface area contributed by atoms with Crippen molar-refractivity contribution < 1.29 is 13.2 Å². The lowest BCUT2D eigenvalue weighted by atomic mass is 9.91. The minimum absolute atomic E-state index is 0.000121. The zero-order valence-electron chi connectivity index (χ0n) is 18.4. The van der Waals surface area contributed by atoms with Crippen molar-refractivity contribution in [3.8, 4) is 5.82 Å². The van der Waals surface area contributed by atoms with Gasteiger partial charge in [-0.25, -0.2) is 18.4 Å². The fraction of sp³-hybridized carbons (Fsp3) is 0.455. The Kier molecular flexibility index (Phi) is 7.12. The molecule has 0 bridgehead atoms. The van der Waals surface area contributed by atoms with Gasteiger partial charge >= 0.3 is 0 Å². The third kappa shape index (κ3) is 5.42. The van der Waals surface area contributed by atoms with Crippen LogP contribution in [0.4, 0.5) is 11.4 Å². The van der Waals surface area contributed by atoms with Crippen molar-refractivity contribution in [3.05, 3.63) is 45.5 Å². The molecule has 1 fully saturated rings. The van der Waals surface area contributed by atoms with Gasteiger partial charge in [0.1, 0.15) is 5.69 Å². The number of aliphatic imine (C=N–C) groups is 1. The molecule has 1 saturated carbocycles. The average molecular weight is 460 g/mol. The van der Waals surface area contributed by atoms with E-state index in [0.717, 1.165) is 32.1 Å². The van der Waals surface area contributed by atoms with Gasteiger partial charge in [0.2, 0.25) is 15.9 Å². The molecule has 2 heterocycles. The second-order valence-electron chi connectivity index (χ2n) is 8.29. The lowest BCUT2D eigenvalue weighted by Crippen LogP contribution is -2.30. The Morgan fingerprint density at radius 3 is 2.62 bits per heavy atom. The molecule has 172 valence electrons. The summed E-state index contributed by atoms with van der Waals surface area (Å²) < 4.78 is 29.1. The number of nitrogens with zero attached hydrogens (tertiary/aromatic N) is 3. The molecule has 0 saturated heterocycles. The van der Waals surface area contributed by atoms with Gasteiger partial charge in [0.05, 0.1) is 17.9 Å². The van der Waals surface area contributed by atoms with E-state index in [1.54, 1.807) is 26.0 Å². The fourth-order valence-electron chi connectivity index (χ4n) is 4.07. The molecule has 1 amide bonds. The number of hydrogen-bond acceptors (Lipinski definition) is 6. The molecule has 0 aromatic carbocycles. The first-order valence-electron chi connectivity index (χ1n) is 10.6. The normalized spacial score (nSPS) is 14.8. The van der Waals surface area contributed by atoms with Gasteiger partial charge in [-0.05, 0) is 63.1 Å². The summed E-state index contributed by atoms with van der Waals surface area (Å²) in [5.41, 5.74) is 7.37. The topological polar surface area (TPSA) is 137 Å². The highest BCUT2D eigenvalue weighted by molar-refractivity contribution is 7.92. The number of carbonyl (C=O) groups excluding carboxylic acids is 1. The van der Waals surface area contributed by atoms with Crippen LogP contribution in [0.1, 0.15) is 49.1 Å². The Bertz CT molecular complexity index is 1200. The second-order valence-corrected chi connectivity index (χ2v) is 10.1. The Morgan fingerprint density at radius 2 is 1.97 bits per heavy atom. The molecule has 32 heavy (non-hydrogen) atoms. The van der Waals surface area contributed by atoms with E-state index < -0.39 is 21.5 Å². The monoisotopic (exact) mass is 459 g/mol. The van der Waals surface area contributed by atoms with E-state index in [2.05, 4.69) is 21.4 Å². The van der Waals surface area contributed by atoms with E-state index in [-0.39, 0.29) is 35.3 Å². The quantitative estimate of drug-likeness (QED) is 0.611. The highest BCUT2D eigenvalue weighted by Crippen LogP contribution is 2.25. The van der Waals surface area contributed by atoms with Crippen molar-refractivity contribution in [2.45, 2.75) is 52.4 Å². The summed E-state index contributed by atoms with van der Waals surface area (Å²) in [6, 6.07) is 4.67. The fourth-order valence-corrected chi connectivity index (χ4v) is 5.60. The van der Waals surface area contributed by atoms with E-state index in [4.69, 9.17) is 5.73 Å². The first-order valence-corrected chi connectivity index (χ1v) is 12.3. The zero-order valence-corrected chi connectivity index (χ0v) is 19.2. The van der Waals surface area contributed by atoms with E-state index >= 15 is 0 Å². The molecular formula is C22H29N5O4S. The van der Waals surface area contributed by atoms with Crippen molar-refractivity contribution in [1.82, 2.24) is 9.55 Å². The highest BCUT2D eigenvalue weighted by atomic mass is 32.2. The highest BCUT2D eigenvalue weighted by Gasteiger charge is 2.23. The lowest BCUT2D eigenvalue weighted by Gasteiger charge is -2.21. The third-order valence-electron chi connectivity index (χ3n) is 5.78. The molecule has 1 aliphatic carbocycles. The minimum Gasteiger partial charge on any atom is -0.396 e. The molecule has 3 rings (SSSR count). The maximum atomic E-state index is 13.2. The summed E-state index contributed by atoms with van der Waals surface area (Å²) in [4.78, 5) is 32.6. The Hall–Kier alpha value is -3.01. The summed E-state index contributed by atoms with van der Waals surface area (Å²) >= 11 is 0. The predicted molar refractivity (Wildman–Crippen MR) is 126 cm³/mol. The van der Waals surface area contributed by atoms with Crippen LogP contribution in [0.5, 0.6) is 0 Å². The number of sulfonamides is 1. The summed E-state index contributed by atoms with van der Waals surface area (Å²) in [7, 11) is -3.68. The van der Waals surface area contributed by atoms with Crippen molar-refractivity contribution in [1.29, 1.82) is 0 Å². The smallest absolute Gasteiger partial charge is 0.280 e. The maximum absolute atomic E-state index is 13.2. The van der Waals surface area contributed by atoms with E-state index in [1.165, 1.54) is 10.6 Å². The summed E-state index contributed by atoms with van der Waals surface area (Å²) in [6.07, 6.45) is 4.97. The van der Waals surface area contributed by atoms with Crippen molar-refractivity contribution in [3.63, 3.8) is 0 Å². The first-order chi connectivity index (χ1) is 15.1. The van der Waals surface area contributed by atoms with Gasteiger partial charge in [-0.15, -0.1) is 0 Å². The van der Waals surface area contributed by atoms with Gasteiger partial charge < -0.3 is 5.73 Å². The standard InChI is InChI=1S/C22H29N5O4S/c1-14-9-10-19(26-32(30,31)13-16-7-5-4-6-8-16)22(29)27(14)21-18(23)11-17(15(2)25-21)12-20(28)24-3/h9-11,16,26H,3-8,12-13,23H2,1-2H3. The van der Waals surface area contributed by atoms with Crippen molar-refractivity contribution in [2.24, 2.45) is 10.9 Å². The number of nitrogen functional groups attached to an aromatic ring is 1. The van der Waals surface area contributed by atoms with E-state index in [0.29, 0.717) is 17.0 Å². The molecule has 10 heteroatoms. The average Bonchev–Trinajstić information content (AvgIpc) is 2.73. The molecule has 1 aliphatic rings. The number of carbonyl (C=O) groups is 1. The number of nitrogens with two attached hydrogens (primary N) is 1. The number of amides is 1. The van der Waals surface area contributed by atoms with Crippen LogP contribution >= 0.6 is 0 Å². The first kappa shape index (κ1) is 23.6. The van der Waals surface area contributed by atoms with Crippen LogP contribution in [0, 0.1) is 19.8 Å². The van der Waals surface area contributed by atoms with Gasteiger partial charge in [0, 0.05) is 11.4 Å². The Morgan fingerprint density at radius 1 is 1.28 bits per heavy atom. The van der Waals surface area contributed by atoms with Crippen LogP contribution in [-0.2, 0) is 21.2 Å². The molecular weight excluding hydrogens is 430 g/mol. The number of rotatable bonds is 7. The van der Waals surface area contributed by atoms with Crippen molar-refractivity contribution in [2.75, 3.05) is 16.2 Å². The van der Waals surface area contributed by atoms with Gasteiger partial charge in [-0.2, -0.15) is 0 Å². The van der Waals surface area contributed by atoms with Crippen LogP contribution in [0.3, 0.4) is 0 Å². The lowest BCUT2D eigenvalue weighted by molar-refractivity contribution is -0.117. The summed E-state index contributed by atoms with van der Waals surface area (Å²) in [6.45, 7) is 6.63. The second kappa shape index (κ2) is 9.64. The Labute approximate surface area is 187 Å². The number of anilines is 2. The number of aryl methyl sites for hydroxylation is 2. The number of nitrogens with one attached hydrogen (secondary N) is 1. The molecule has 2 aromatic heterocycles. The van der Waals surface area contributed by atoms with Crippen LogP contribution in [0.25, 0.3) is 5.82 Å². The summed E-state index contributed by atoms with van der Waals surface area (Å²) in [5.74, 6) is -0.125. The SMILES string of the molecule is C=NC(=O)Cc1cc(N)c(-n2c(C)ccc(NS(=O)(=O)CC3CCCCC3)c2=O)nc1C. The van der Waals surface area contributed by atoms with Crippen LogP contribution in [0.2, 0.25) is 0 Å². The molecule has 3 N–H and O–H groups in total. The number of hydrogen-bond donors (Lipinski definition) is 2. The van der Waals surface area contributed by atoms with Crippen LogP contribution < -0.4 is 16.0 Å². The third-order valence-corrected chi connectivity index (χ3v) is 7.22. The molecule has 0 radical (unpaired) electrons. The van der Waals surface area contributed by atoms with E-state index in [9.17, 15) is 18.0 Å². The van der Waals surface area contributed by atoms with Crippen LogP contribution in [-0.4, -0.2) is 36.3 Å². The molecule has 0 aliphatic heterocycles. The number of aromatic nitrogens is 2. The van der Waals surface area contributed by atoms with Gasteiger partial charge in [-0.1, -0.05) is 19.3 Å². The maximum Gasteiger partial charge on any atom is 0.280 e. The van der Waals surface area contributed by atoms with Crippen LogP contribution in [0.15, 0.2) is 28.0 Å². The Balaban J connectivity index is 1.95. The predicted octanol–water partition coefficient (Wildman–Crippen LogP) is 2.52. The molecule has 0 spiro atoms. The van der Waals surface area contributed by atoms with Gasteiger partial charge in [0.25, 0.3) is 5.56 Å². The molecule has 2 aromatic rings. The van der Waals surface area contributed by atoms with Crippen molar-refractivity contribution >= 4 is 34.0 Å². The number of pyridine rings is 2. The van der Waals surface area contributed by atoms with E-state index in [1.807, 2.05) is 0 Å². The molecule has 9 nitrogen and oxygen atoms in total. The largest absolute Gasteiger partial charge is 0.396 e. The summed E-state index contributed by atoms with van der Waals surface area (Å²) in [5, 5.41) is 0. The molecule has 0 unspecified atom stereocenters. The zero-order chi connectivity index (χ0) is 23.5.